The zero-order valence-electron chi connectivity index (χ0n) is 19.1. The maximum Gasteiger partial charge on any atom is 0.198 e. The molecule has 0 spiro atoms. The van der Waals surface area contributed by atoms with Gasteiger partial charge in [0.05, 0.1) is 18.3 Å². The number of halogens is 2. The van der Waals surface area contributed by atoms with E-state index in [1.54, 1.807) is 7.11 Å². The highest BCUT2D eigenvalue weighted by Gasteiger charge is 2.21. The second-order valence-corrected chi connectivity index (χ2v) is 9.08. The fourth-order valence-electron chi connectivity index (χ4n) is 4.05. The van der Waals surface area contributed by atoms with E-state index >= 15 is 0 Å². The van der Waals surface area contributed by atoms with Gasteiger partial charge in [-0.2, -0.15) is 0 Å². The van der Waals surface area contributed by atoms with Gasteiger partial charge in [0.1, 0.15) is 11.3 Å². The van der Waals surface area contributed by atoms with Gasteiger partial charge < -0.3 is 25.3 Å². The Hall–Kier alpha value is -2.93. The number of benzene rings is 3. The predicted molar refractivity (Wildman–Crippen MR) is 139 cm³/mol. The molecule has 0 amide bonds. The number of fused-ring (bicyclic) bond motifs is 1. The van der Waals surface area contributed by atoms with Crippen LogP contribution in [0.5, 0.6) is 5.75 Å². The van der Waals surface area contributed by atoms with Crippen LogP contribution in [0, 0.1) is 6.92 Å². The molecule has 0 aliphatic carbocycles. The number of nitrogen functional groups attached to an aromatic ring is 1. The number of aromatic nitrogens is 2. The van der Waals surface area contributed by atoms with Crippen molar-refractivity contribution >= 4 is 51.6 Å². The van der Waals surface area contributed by atoms with Crippen LogP contribution in [0.2, 0.25) is 10.0 Å². The summed E-state index contributed by atoms with van der Waals surface area (Å²) in [5, 5.41) is 1.32. The molecule has 1 aromatic heterocycles. The molecule has 6 nitrogen and oxygen atoms in total. The van der Waals surface area contributed by atoms with E-state index in [0.717, 1.165) is 52.2 Å². The van der Waals surface area contributed by atoms with Crippen LogP contribution in [-0.2, 0) is 0 Å². The third-order valence-corrected chi connectivity index (χ3v) is 6.07. The Bertz CT molecular complexity index is 1280. The fraction of sp³-hybridized carbons (Fsp3) is 0.240. The number of nitrogens with one attached hydrogen (secondary N) is 1. The van der Waals surface area contributed by atoms with E-state index in [1.165, 1.54) is 0 Å². The van der Waals surface area contributed by atoms with Gasteiger partial charge in [-0.25, -0.2) is 4.98 Å². The molecule has 0 fully saturated rings. The summed E-state index contributed by atoms with van der Waals surface area (Å²) in [5.74, 6) is 1.05. The normalized spacial score (nSPS) is 11.4. The van der Waals surface area contributed by atoms with Crippen molar-refractivity contribution < 1.29 is 4.74 Å². The van der Waals surface area contributed by atoms with Gasteiger partial charge >= 0.3 is 0 Å². The quantitative estimate of drug-likeness (QED) is 0.330. The van der Waals surface area contributed by atoms with Crippen molar-refractivity contribution in [3.8, 4) is 16.9 Å². The standard InChI is InChI=1S/C25H27Cl2N5O/c1-15-13-17(27)14-21(33-4)22(15)19-9-10-20(24-23(19)29-25(28)30-24)32(12-11-31(2)3)18-7-5-16(26)6-8-18/h5-10,13-14H,11-12H2,1-4H3,(H3,28,29,30). The third kappa shape index (κ3) is 4.74. The number of nitrogens with two attached hydrogens (primary N) is 1. The van der Waals surface area contributed by atoms with Crippen LogP contribution in [0.1, 0.15) is 5.56 Å². The van der Waals surface area contributed by atoms with Crippen molar-refractivity contribution in [3.05, 3.63) is 64.1 Å². The number of H-pyrrole nitrogens is 1. The number of aryl methyl sites for hydroxylation is 1. The van der Waals surface area contributed by atoms with Gasteiger partial charge in [-0.1, -0.05) is 23.2 Å². The van der Waals surface area contributed by atoms with E-state index in [9.17, 15) is 0 Å². The van der Waals surface area contributed by atoms with E-state index < -0.39 is 0 Å². The average molecular weight is 484 g/mol. The maximum atomic E-state index is 6.28. The summed E-state index contributed by atoms with van der Waals surface area (Å²) in [6.45, 7) is 3.63. The summed E-state index contributed by atoms with van der Waals surface area (Å²) in [7, 11) is 5.76. The molecule has 0 bridgehead atoms. The summed E-state index contributed by atoms with van der Waals surface area (Å²) in [6.07, 6.45) is 0. The van der Waals surface area contributed by atoms with Gasteiger partial charge in [0.25, 0.3) is 0 Å². The Balaban J connectivity index is 1.92. The first-order valence-corrected chi connectivity index (χ1v) is 11.3. The van der Waals surface area contributed by atoms with Gasteiger partial charge in [0.15, 0.2) is 5.95 Å². The number of nitrogens with zero attached hydrogens (tertiary/aromatic N) is 3. The van der Waals surface area contributed by atoms with Crippen LogP contribution in [0.4, 0.5) is 17.3 Å². The van der Waals surface area contributed by atoms with Crippen LogP contribution < -0.4 is 15.4 Å². The topological polar surface area (TPSA) is 70.4 Å². The first-order chi connectivity index (χ1) is 15.8. The monoisotopic (exact) mass is 483 g/mol. The first kappa shape index (κ1) is 23.2. The minimum absolute atomic E-state index is 0.355. The average Bonchev–Trinajstić information content (AvgIpc) is 3.16. The lowest BCUT2D eigenvalue weighted by Crippen LogP contribution is -2.28. The largest absolute Gasteiger partial charge is 0.496 e. The van der Waals surface area contributed by atoms with Crippen LogP contribution >= 0.6 is 23.2 Å². The van der Waals surface area contributed by atoms with Crippen LogP contribution in [0.15, 0.2) is 48.5 Å². The number of rotatable bonds is 7. The van der Waals surface area contributed by atoms with Crippen molar-refractivity contribution in [3.63, 3.8) is 0 Å². The zero-order valence-corrected chi connectivity index (χ0v) is 20.6. The highest BCUT2D eigenvalue weighted by atomic mass is 35.5. The molecule has 3 N–H and O–H groups in total. The Morgan fingerprint density at radius 2 is 1.73 bits per heavy atom. The van der Waals surface area contributed by atoms with Crippen LogP contribution in [-0.4, -0.2) is 49.2 Å². The highest BCUT2D eigenvalue weighted by Crippen LogP contribution is 2.42. The second-order valence-electron chi connectivity index (χ2n) is 8.21. The summed E-state index contributed by atoms with van der Waals surface area (Å²) in [5.41, 5.74) is 12.7. The Kier molecular flexibility index (Phi) is 6.70. The molecule has 4 aromatic rings. The molecule has 1 heterocycles. The second kappa shape index (κ2) is 9.51. The SMILES string of the molecule is COc1cc(Cl)cc(C)c1-c1ccc(N(CCN(C)C)c2ccc(Cl)cc2)c2nc(N)[nH]c12. The summed E-state index contributed by atoms with van der Waals surface area (Å²) in [6, 6.07) is 15.7. The third-order valence-electron chi connectivity index (χ3n) is 5.60. The molecule has 0 radical (unpaired) electrons. The maximum absolute atomic E-state index is 6.28. The van der Waals surface area contributed by atoms with Gasteiger partial charge in [-0.15, -0.1) is 0 Å². The number of imidazole rings is 1. The number of hydrogen-bond acceptors (Lipinski definition) is 5. The summed E-state index contributed by atoms with van der Waals surface area (Å²) in [4.78, 5) is 12.3. The number of likely N-dealkylation sites (N-methyl/N-ethyl adjacent to an activating group) is 1. The number of aromatic amines is 1. The smallest absolute Gasteiger partial charge is 0.198 e. The Morgan fingerprint density at radius 1 is 1.00 bits per heavy atom. The van der Waals surface area contributed by atoms with Crippen molar-refractivity contribution in [1.82, 2.24) is 14.9 Å². The number of ether oxygens (including phenoxy) is 1. The van der Waals surface area contributed by atoms with Gasteiger partial charge in [0, 0.05) is 39.9 Å². The lowest BCUT2D eigenvalue weighted by Gasteiger charge is -2.27. The van der Waals surface area contributed by atoms with E-state index in [-0.39, 0.29) is 0 Å². The summed E-state index contributed by atoms with van der Waals surface area (Å²) >= 11 is 12.4. The van der Waals surface area contributed by atoms with Crippen molar-refractivity contribution in [2.24, 2.45) is 0 Å². The highest BCUT2D eigenvalue weighted by molar-refractivity contribution is 6.31. The van der Waals surface area contributed by atoms with Crippen molar-refractivity contribution in [2.75, 3.05) is 44.9 Å². The molecule has 33 heavy (non-hydrogen) atoms. The van der Waals surface area contributed by atoms with Crippen molar-refractivity contribution in [2.45, 2.75) is 6.92 Å². The predicted octanol–water partition coefficient (Wildman–Crippen LogP) is 6.14. The fourth-order valence-corrected chi connectivity index (χ4v) is 4.44. The molecule has 0 aliphatic heterocycles. The minimum Gasteiger partial charge on any atom is -0.496 e. The number of anilines is 3. The van der Waals surface area contributed by atoms with Gasteiger partial charge in [-0.3, -0.25) is 0 Å². The molecule has 3 aromatic carbocycles. The van der Waals surface area contributed by atoms with Gasteiger partial charge in [0.2, 0.25) is 0 Å². The summed E-state index contributed by atoms with van der Waals surface area (Å²) < 4.78 is 5.66. The van der Waals surface area contributed by atoms with Gasteiger partial charge in [-0.05, 0) is 75.1 Å². The van der Waals surface area contributed by atoms with Crippen molar-refractivity contribution in [1.29, 1.82) is 0 Å². The molecule has 0 aliphatic rings. The lowest BCUT2D eigenvalue weighted by molar-refractivity contribution is 0.416. The molecule has 8 heteroatoms. The molecule has 0 saturated heterocycles. The Labute approximate surface area is 203 Å². The molecular formula is C25H27Cl2N5O. The van der Waals surface area contributed by atoms with E-state index in [0.29, 0.717) is 21.7 Å². The van der Waals surface area contributed by atoms with E-state index in [1.807, 2.05) is 43.3 Å². The van der Waals surface area contributed by atoms with E-state index in [4.69, 9.17) is 33.7 Å². The number of methoxy groups -OCH3 is 1. The first-order valence-electron chi connectivity index (χ1n) is 10.6. The Morgan fingerprint density at radius 3 is 2.39 bits per heavy atom. The molecule has 0 saturated carbocycles. The van der Waals surface area contributed by atoms with E-state index in [2.05, 4.69) is 46.0 Å². The molecular weight excluding hydrogens is 457 g/mol. The lowest BCUT2D eigenvalue weighted by atomic mass is 9.97. The molecule has 0 atom stereocenters. The number of hydrogen-bond donors (Lipinski definition) is 2. The molecule has 0 unspecified atom stereocenters. The molecule has 4 rings (SSSR count). The molecule has 172 valence electrons. The van der Waals surface area contributed by atoms with Crippen LogP contribution in [0.25, 0.3) is 22.2 Å². The van der Waals surface area contributed by atoms with Crippen LogP contribution in [0.3, 0.4) is 0 Å². The minimum atomic E-state index is 0.355. The zero-order chi connectivity index (χ0) is 23.7.